The number of nitrogen functional groups attached to an aromatic ring is 2. The summed E-state index contributed by atoms with van der Waals surface area (Å²) >= 11 is 1.46. The van der Waals surface area contributed by atoms with Crippen molar-refractivity contribution >= 4 is 51.4 Å². The number of carbonyl (C=O) groups is 2. The van der Waals surface area contributed by atoms with Crippen molar-refractivity contribution in [3.63, 3.8) is 0 Å². The molecular weight excluding hydrogens is 590 g/mol. The van der Waals surface area contributed by atoms with Gasteiger partial charge in [-0.3, -0.25) is 19.9 Å². The van der Waals surface area contributed by atoms with E-state index in [9.17, 15) is 9.59 Å². The molecule has 3 saturated heterocycles. The number of anilines is 4. The topological polar surface area (TPSA) is 164 Å². The molecule has 6 N–H and O–H groups in total. The first-order chi connectivity index (χ1) is 21.6. The molecule has 2 amide bonds. The number of amidine groups is 1. The molecule has 3 fully saturated rings. The summed E-state index contributed by atoms with van der Waals surface area (Å²) in [6.07, 6.45) is 4.77. The molecule has 13 nitrogen and oxygen atoms in total. The fraction of sp³-hybridized carbons (Fsp3) is 0.581. The molecular formula is C31H45N11O2S. The van der Waals surface area contributed by atoms with Gasteiger partial charge in [-0.2, -0.15) is 4.98 Å². The van der Waals surface area contributed by atoms with Gasteiger partial charge < -0.3 is 36.4 Å². The minimum absolute atomic E-state index is 0.0127. The van der Waals surface area contributed by atoms with Gasteiger partial charge in [0.25, 0.3) is 0 Å². The molecule has 0 spiro atoms. The number of nitrogens with zero attached hydrogens (tertiary/aromatic N) is 7. The lowest BCUT2D eigenvalue weighted by atomic mass is 9.86. The number of amides is 2. The third kappa shape index (κ3) is 6.36. The van der Waals surface area contributed by atoms with Crippen LogP contribution in [0.25, 0.3) is 0 Å². The molecule has 45 heavy (non-hydrogen) atoms. The van der Waals surface area contributed by atoms with Crippen LogP contribution in [0.4, 0.5) is 22.5 Å². The fourth-order valence-electron chi connectivity index (χ4n) is 7.06. The highest BCUT2D eigenvalue weighted by atomic mass is 32.1. The van der Waals surface area contributed by atoms with Gasteiger partial charge in [-0.25, -0.2) is 4.98 Å². The Morgan fingerprint density at radius 3 is 2.58 bits per heavy atom. The predicted octanol–water partition coefficient (Wildman–Crippen LogP) is 1.31. The van der Waals surface area contributed by atoms with Crippen molar-refractivity contribution < 1.29 is 9.59 Å². The smallest absolute Gasteiger partial charge is 0.246 e. The maximum Gasteiger partial charge on any atom is 0.246 e. The number of hydrogen-bond donors (Lipinski definition) is 4. The summed E-state index contributed by atoms with van der Waals surface area (Å²) < 4.78 is 0. The van der Waals surface area contributed by atoms with Crippen LogP contribution < -0.4 is 26.6 Å². The van der Waals surface area contributed by atoms with Crippen molar-refractivity contribution in [1.29, 1.82) is 5.41 Å². The first kappa shape index (κ1) is 31.2. The molecule has 2 aromatic heterocycles. The molecule has 3 aliphatic heterocycles. The van der Waals surface area contributed by atoms with E-state index in [0.29, 0.717) is 47.9 Å². The standard InChI is InChI=1S/C31H45N11O2S/c1-4-25(43)40-13-11-39(12-14-40)20-17-41(18-20)24-15-22(35-31(36-24)42-10-6-9-38(3)16-19(42)2)28(33)37-30(44)21-7-5-8-23-26(21)27(32)29(34)45-23/h4,15,19-21H,1,5-14,16-18,32,34H2,2-3H3,(H2,33,37,44)/t19-,21-/m0/s1. The number of nitrogens with two attached hydrogens (primary N) is 2. The van der Waals surface area contributed by atoms with Crippen LogP contribution in [0.1, 0.15) is 48.2 Å². The molecule has 14 heteroatoms. The summed E-state index contributed by atoms with van der Waals surface area (Å²) in [6.45, 7) is 13.2. The molecule has 4 aliphatic rings. The Labute approximate surface area is 268 Å². The SMILES string of the molecule is C=CC(=O)N1CCN(C2CN(c3cc(C(=N)NC(=O)[C@H]4CCCc5sc(N)c(N)c54)nc(N4CCCN(C)C[C@@H]4C)n3)C2)CC1. The van der Waals surface area contributed by atoms with Crippen LogP contribution in [-0.4, -0.2) is 120 Å². The van der Waals surface area contributed by atoms with Gasteiger partial charge in [0.1, 0.15) is 16.5 Å². The van der Waals surface area contributed by atoms with Crippen LogP contribution in [0.3, 0.4) is 0 Å². The highest BCUT2D eigenvalue weighted by Gasteiger charge is 2.36. The Morgan fingerprint density at radius 2 is 1.84 bits per heavy atom. The summed E-state index contributed by atoms with van der Waals surface area (Å²) in [5.74, 6) is 0.585. The van der Waals surface area contributed by atoms with Crippen molar-refractivity contribution in [3.8, 4) is 0 Å². The molecule has 1 aliphatic carbocycles. The highest BCUT2D eigenvalue weighted by molar-refractivity contribution is 7.16. The number of rotatable bonds is 6. The van der Waals surface area contributed by atoms with Gasteiger partial charge in [0.05, 0.1) is 11.6 Å². The number of fused-ring (bicyclic) bond motifs is 1. The predicted molar refractivity (Wildman–Crippen MR) is 179 cm³/mol. The first-order valence-corrected chi connectivity index (χ1v) is 16.8. The molecule has 2 atom stereocenters. The van der Waals surface area contributed by atoms with Crippen molar-refractivity contribution in [1.82, 2.24) is 30.0 Å². The molecule has 0 saturated carbocycles. The third-order valence-electron chi connectivity index (χ3n) is 9.66. The maximum atomic E-state index is 13.6. The zero-order chi connectivity index (χ0) is 31.8. The van der Waals surface area contributed by atoms with Crippen molar-refractivity contribution in [2.24, 2.45) is 0 Å². The lowest BCUT2D eigenvalue weighted by molar-refractivity contribution is -0.128. The number of carbonyl (C=O) groups excluding carboxylic acids is 2. The second-order valence-electron chi connectivity index (χ2n) is 12.7. The molecule has 0 radical (unpaired) electrons. The Kier molecular flexibility index (Phi) is 8.98. The van der Waals surface area contributed by atoms with Gasteiger partial charge in [-0.05, 0) is 52.3 Å². The molecule has 0 bridgehead atoms. The maximum absolute atomic E-state index is 13.6. The van der Waals surface area contributed by atoms with Crippen LogP contribution in [0.2, 0.25) is 0 Å². The summed E-state index contributed by atoms with van der Waals surface area (Å²) in [7, 11) is 2.13. The second kappa shape index (κ2) is 12.9. The van der Waals surface area contributed by atoms with E-state index in [1.165, 1.54) is 17.4 Å². The van der Waals surface area contributed by atoms with E-state index in [2.05, 4.69) is 45.5 Å². The quantitative estimate of drug-likeness (QED) is 0.207. The fourth-order valence-corrected chi connectivity index (χ4v) is 8.15. The molecule has 6 rings (SSSR count). The van der Waals surface area contributed by atoms with Gasteiger partial charge in [0, 0.05) is 80.9 Å². The largest absolute Gasteiger partial charge is 0.396 e. The second-order valence-corrected chi connectivity index (χ2v) is 13.9. The monoisotopic (exact) mass is 635 g/mol. The third-order valence-corrected chi connectivity index (χ3v) is 10.8. The Bertz CT molecular complexity index is 1460. The number of piperazine rings is 1. The number of aryl methyl sites for hydroxylation is 1. The minimum atomic E-state index is -0.442. The number of aromatic nitrogens is 2. The van der Waals surface area contributed by atoms with Crippen LogP contribution in [0, 0.1) is 5.41 Å². The Hall–Kier alpha value is -3.75. The van der Waals surface area contributed by atoms with Gasteiger partial charge in [-0.15, -0.1) is 11.3 Å². The van der Waals surface area contributed by atoms with Crippen LogP contribution in [0.5, 0.6) is 0 Å². The van der Waals surface area contributed by atoms with E-state index in [-0.39, 0.29) is 23.7 Å². The average Bonchev–Trinajstić information content (AvgIpc) is 3.19. The minimum Gasteiger partial charge on any atom is -0.396 e. The Morgan fingerprint density at radius 1 is 1.09 bits per heavy atom. The molecule has 0 unspecified atom stereocenters. The van der Waals surface area contributed by atoms with Crippen molar-refractivity contribution in [2.45, 2.75) is 50.6 Å². The van der Waals surface area contributed by atoms with Gasteiger partial charge >= 0.3 is 0 Å². The van der Waals surface area contributed by atoms with E-state index in [0.717, 1.165) is 81.3 Å². The van der Waals surface area contributed by atoms with Crippen LogP contribution in [0.15, 0.2) is 18.7 Å². The average molecular weight is 636 g/mol. The summed E-state index contributed by atoms with van der Waals surface area (Å²) in [4.78, 5) is 47.6. The zero-order valence-electron chi connectivity index (χ0n) is 26.3. The van der Waals surface area contributed by atoms with Crippen LogP contribution in [-0.2, 0) is 16.0 Å². The summed E-state index contributed by atoms with van der Waals surface area (Å²) in [5, 5.41) is 12.4. The lowest BCUT2D eigenvalue weighted by Crippen LogP contribution is -2.63. The Balaban J connectivity index is 1.20. The number of nitrogens with one attached hydrogen (secondary N) is 2. The van der Waals surface area contributed by atoms with E-state index < -0.39 is 5.92 Å². The molecule has 0 aromatic carbocycles. The summed E-state index contributed by atoms with van der Waals surface area (Å²) in [6, 6.07) is 2.37. The van der Waals surface area contributed by atoms with E-state index in [1.807, 2.05) is 11.0 Å². The van der Waals surface area contributed by atoms with Gasteiger partial charge in [0.2, 0.25) is 17.8 Å². The van der Waals surface area contributed by atoms with Crippen molar-refractivity contribution in [3.05, 3.63) is 34.9 Å². The number of thiophene rings is 1. The van der Waals surface area contributed by atoms with Gasteiger partial charge in [0.15, 0.2) is 5.84 Å². The number of hydrogen-bond acceptors (Lipinski definition) is 12. The van der Waals surface area contributed by atoms with Crippen LogP contribution >= 0.6 is 11.3 Å². The van der Waals surface area contributed by atoms with E-state index >= 15 is 0 Å². The van der Waals surface area contributed by atoms with E-state index in [1.54, 1.807) is 0 Å². The lowest BCUT2D eigenvalue weighted by Gasteiger charge is -2.48. The van der Waals surface area contributed by atoms with Crippen molar-refractivity contribution in [2.75, 3.05) is 87.2 Å². The normalized spacial score (nSPS) is 23.2. The molecule has 2 aromatic rings. The zero-order valence-corrected chi connectivity index (χ0v) is 27.1. The molecule has 5 heterocycles. The highest BCUT2D eigenvalue weighted by Crippen LogP contribution is 2.44. The molecule has 242 valence electrons. The van der Waals surface area contributed by atoms with E-state index in [4.69, 9.17) is 26.8 Å². The number of likely N-dealkylation sites (N-methyl/N-ethyl adjacent to an activating group) is 1. The first-order valence-electron chi connectivity index (χ1n) is 15.9. The van der Waals surface area contributed by atoms with Gasteiger partial charge in [-0.1, -0.05) is 6.58 Å². The summed E-state index contributed by atoms with van der Waals surface area (Å²) in [5.41, 5.74) is 14.1.